The first-order valence-corrected chi connectivity index (χ1v) is 9.13. The van der Waals surface area contributed by atoms with E-state index in [0.29, 0.717) is 6.10 Å². The van der Waals surface area contributed by atoms with Crippen molar-refractivity contribution in [2.75, 3.05) is 11.9 Å². The lowest BCUT2D eigenvalue weighted by molar-refractivity contribution is -0.675. The number of thiazole rings is 1. The SMILES string of the molecule is c1ccc(-c2csc(Nc3cccnc3)[n+]2C[C@H]2CCCO2)cc1. The number of rotatable bonds is 5. The first-order chi connectivity index (χ1) is 11.9. The van der Waals surface area contributed by atoms with E-state index in [-0.39, 0.29) is 0 Å². The molecule has 1 aliphatic heterocycles. The van der Waals surface area contributed by atoms with Crippen LogP contribution in [0.15, 0.2) is 60.2 Å². The fraction of sp³-hybridized carbons (Fsp3) is 0.263. The third-order valence-electron chi connectivity index (χ3n) is 4.21. The zero-order valence-electron chi connectivity index (χ0n) is 13.4. The van der Waals surface area contributed by atoms with Gasteiger partial charge in [-0.2, -0.15) is 0 Å². The van der Waals surface area contributed by atoms with Gasteiger partial charge >= 0.3 is 5.13 Å². The fourth-order valence-electron chi connectivity index (χ4n) is 3.01. The van der Waals surface area contributed by atoms with Crippen LogP contribution in [0.25, 0.3) is 11.3 Å². The van der Waals surface area contributed by atoms with Crippen molar-refractivity contribution in [3.8, 4) is 11.3 Å². The summed E-state index contributed by atoms with van der Waals surface area (Å²) in [5.74, 6) is 0. The molecule has 3 heterocycles. The molecule has 0 radical (unpaired) electrons. The van der Waals surface area contributed by atoms with Crippen LogP contribution in [0.3, 0.4) is 0 Å². The maximum atomic E-state index is 5.87. The van der Waals surface area contributed by atoms with Crippen LogP contribution in [-0.4, -0.2) is 17.7 Å². The summed E-state index contributed by atoms with van der Waals surface area (Å²) in [7, 11) is 0. The molecule has 1 saturated heterocycles. The third-order valence-corrected chi connectivity index (χ3v) is 5.10. The molecule has 2 aromatic heterocycles. The molecule has 1 aliphatic rings. The van der Waals surface area contributed by atoms with Gasteiger partial charge in [0.25, 0.3) is 0 Å². The smallest absolute Gasteiger partial charge is 0.339 e. The Labute approximate surface area is 145 Å². The van der Waals surface area contributed by atoms with E-state index in [4.69, 9.17) is 4.74 Å². The summed E-state index contributed by atoms with van der Waals surface area (Å²) in [4.78, 5) is 4.19. The average molecular weight is 338 g/mol. The fourth-order valence-corrected chi connectivity index (χ4v) is 3.97. The van der Waals surface area contributed by atoms with Gasteiger partial charge < -0.3 is 4.74 Å². The number of pyridine rings is 1. The maximum absolute atomic E-state index is 5.87. The van der Waals surface area contributed by atoms with Crippen LogP contribution in [-0.2, 0) is 11.3 Å². The highest BCUT2D eigenvalue weighted by molar-refractivity contribution is 7.13. The molecule has 1 aromatic carbocycles. The van der Waals surface area contributed by atoms with Crippen molar-refractivity contribution >= 4 is 22.2 Å². The minimum Gasteiger partial charge on any atom is -0.374 e. The Morgan fingerprint density at radius 3 is 2.88 bits per heavy atom. The van der Waals surface area contributed by atoms with E-state index >= 15 is 0 Å². The predicted octanol–water partition coefficient (Wildman–Crippen LogP) is 4.02. The Kier molecular flexibility index (Phi) is 4.53. The molecule has 4 rings (SSSR count). The van der Waals surface area contributed by atoms with Crippen LogP contribution in [0.1, 0.15) is 12.8 Å². The van der Waals surface area contributed by atoms with Gasteiger partial charge in [-0.15, -0.1) is 0 Å². The summed E-state index contributed by atoms with van der Waals surface area (Å²) in [6.45, 7) is 1.75. The molecule has 24 heavy (non-hydrogen) atoms. The molecule has 0 spiro atoms. The van der Waals surface area contributed by atoms with E-state index in [1.165, 1.54) is 11.3 Å². The summed E-state index contributed by atoms with van der Waals surface area (Å²) in [5.41, 5.74) is 3.45. The standard InChI is InChI=1S/C19H19N3OS/c1-2-6-15(7-3-1)18-14-24-19(21-16-8-4-10-20-12-16)22(18)13-17-9-5-11-23-17/h1-4,6-8,10,12,14,17H,5,9,11,13H2/p+1/t17-/m1/s1. The molecular weight excluding hydrogens is 318 g/mol. The molecule has 3 aromatic rings. The van der Waals surface area contributed by atoms with E-state index in [9.17, 15) is 0 Å². The predicted molar refractivity (Wildman–Crippen MR) is 96.4 cm³/mol. The lowest BCUT2D eigenvalue weighted by Gasteiger charge is -2.11. The van der Waals surface area contributed by atoms with Crippen LogP contribution < -0.4 is 9.88 Å². The lowest BCUT2D eigenvalue weighted by Crippen LogP contribution is -2.41. The number of anilines is 2. The van der Waals surface area contributed by atoms with Crippen LogP contribution in [0.2, 0.25) is 0 Å². The second-order valence-corrected chi connectivity index (χ2v) is 6.76. The molecule has 1 atom stereocenters. The highest BCUT2D eigenvalue weighted by Crippen LogP contribution is 2.26. The number of nitrogens with zero attached hydrogens (tertiary/aromatic N) is 2. The number of hydrogen-bond donors (Lipinski definition) is 1. The van der Waals surface area contributed by atoms with Crippen molar-refractivity contribution in [2.24, 2.45) is 0 Å². The summed E-state index contributed by atoms with van der Waals surface area (Å²) in [6, 6.07) is 14.5. The Morgan fingerprint density at radius 2 is 2.12 bits per heavy atom. The number of aromatic nitrogens is 2. The van der Waals surface area contributed by atoms with Gasteiger partial charge in [-0.3, -0.25) is 4.98 Å². The first kappa shape index (κ1) is 15.3. The van der Waals surface area contributed by atoms with Crippen molar-refractivity contribution in [2.45, 2.75) is 25.5 Å². The van der Waals surface area contributed by atoms with E-state index in [1.807, 2.05) is 18.3 Å². The minimum absolute atomic E-state index is 0.293. The molecule has 5 heteroatoms. The Morgan fingerprint density at radius 1 is 1.21 bits per heavy atom. The number of nitrogens with one attached hydrogen (secondary N) is 1. The number of benzene rings is 1. The van der Waals surface area contributed by atoms with Crippen LogP contribution in [0.4, 0.5) is 10.8 Å². The van der Waals surface area contributed by atoms with Crippen molar-refractivity contribution in [3.05, 3.63) is 60.2 Å². The van der Waals surface area contributed by atoms with Gasteiger partial charge in [0, 0.05) is 23.7 Å². The van der Waals surface area contributed by atoms with E-state index in [1.54, 1.807) is 17.5 Å². The van der Waals surface area contributed by atoms with Gasteiger partial charge in [0.05, 0.1) is 12.3 Å². The highest BCUT2D eigenvalue weighted by Gasteiger charge is 2.25. The quantitative estimate of drug-likeness (QED) is 0.714. The van der Waals surface area contributed by atoms with Gasteiger partial charge in [0.1, 0.15) is 17.9 Å². The molecular formula is C19H20N3OS+. The van der Waals surface area contributed by atoms with Gasteiger partial charge in [-0.05, 0) is 25.0 Å². The van der Waals surface area contributed by atoms with E-state index < -0.39 is 0 Å². The summed E-state index contributed by atoms with van der Waals surface area (Å²) < 4.78 is 8.20. The van der Waals surface area contributed by atoms with Crippen molar-refractivity contribution < 1.29 is 9.30 Å². The molecule has 4 nitrogen and oxygen atoms in total. The third kappa shape index (κ3) is 3.32. The summed E-state index contributed by atoms with van der Waals surface area (Å²) in [6.07, 6.45) is 6.21. The second kappa shape index (κ2) is 7.11. The first-order valence-electron chi connectivity index (χ1n) is 8.25. The topological polar surface area (TPSA) is 38.0 Å². The molecule has 0 unspecified atom stereocenters. The summed E-state index contributed by atoms with van der Waals surface area (Å²) in [5, 5.41) is 6.82. The van der Waals surface area contributed by atoms with Crippen LogP contribution in [0.5, 0.6) is 0 Å². The molecule has 0 aliphatic carbocycles. The Balaban J connectivity index is 1.68. The van der Waals surface area contributed by atoms with E-state index in [2.05, 4.69) is 50.6 Å². The lowest BCUT2D eigenvalue weighted by atomic mass is 10.1. The van der Waals surface area contributed by atoms with Gasteiger partial charge in [0.2, 0.25) is 0 Å². The zero-order valence-corrected chi connectivity index (χ0v) is 14.2. The van der Waals surface area contributed by atoms with E-state index in [0.717, 1.165) is 36.8 Å². The van der Waals surface area contributed by atoms with Crippen molar-refractivity contribution in [1.82, 2.24) is 4.98 Å². The molecule has 1 fully saturated rings. The normalized spacial score (nSPS) is 17.1. The molecule has 1 N–H and O–H groups in total. The molecule has 0 saturated carbocycles. The number of ether oxygens (including phenoxy) is 1. The Hall–Kier alpha value is -2.24. The van der Waals surface area contributed by atoms with Gasteiger partial charge in [0.15, 0.2) is 0 Å². The van der Waals surface area contributed by atoms with Crippen molar-refractivity contribution in [3.63, 3.8) is 0 Å². The van der Waals surface area contributed by atoms with Crippen molar-refractivity contribution in [1.29, 1.82) is 0 Å². The van der Waals surface area contributed by atoms with Gasteiger partial charge in [-0.25, -0.2) is 9.88 Å². The number of hydrogen-bond acceptors (Lipinski definition) is 4. The minimum atomic E-state index is 0.293. The largest absolute Gasteiger partial charge is 0.374 e. The molecule has 122 valence electrons. The highest BCUT2D eigenvalue weighted by atomic mass is 32.1. The Bertz CT molecular complexity index is 783. The average Bonchev–Trinajstić information content (AvgIpc) is 3.28. The molecule has 0 bridgehead atoms. The summed E-state index contributed by atoms with van der Waals surface area (Å²) >= 11 is 1.72. The zero-order chi connectivity index (χ0) is 16.2. The second-order valence-electron chi connectivity index (χ2n) is 5.90. The monoisotopic (exact) mass is 338 g/mol. The van der Waals surface area contributed by atoms with Gasteiger partial charge in [-0.1, -0.05) is 41.7 Å². The van der Waals surface area contributed by atoms with Crippen LogP contribution in [0, 0.1) is 0 Å². The maximum Gasteiger partial charge on any atom is 0.339 e. The molecule has 0 amide bonds. The van der Waals surface area contributed by atoms with Crippen LogP contribution >= 0.6 is 11.3 Å².